The molecule has 0 radical (unpaired) electrons. The zero-order valence-corrected chi connectivity index (χ0v) is 11.6. The fourth-order valence-electron chi connectivity index (χ4n) is 1.80. The molecular weight excluding hydrogens is 343 g/mol. The van der Waals surface area contributed by atoms with Crippen LogP contribution in [0, 0.1) is 3.57 Å². The number of aliphatic hydroxyl groups is 1. The Morgan fingerprint density at radius 3 is 2.62 bits per heavy atom. The Morgan fingerprint density at radius 1 is 1.50 bits per heavy atom. The third kappa shape index (κ3) is 2.95. The van der Waals surface area contributed by atoms with Crippen molar-refractivity contribution in [3.05, 3.63) is 16.0 Å². The van der Waals surface area contributed by atoms with Crippen molar-refractivity contribution in [2.75, 3.05) is 11.5 Å². The van der Waals surface area contributed by atoms with E-state index in [4.69, 9.17) is 0 Å². The Kier molecular flexibility index (Phi) is 3.28. The summed E-state index contributed by atoms with van der Waals surface area (Å²) >= 11 is 2.14. The number of nitrogens with zero attached hydrogens (tertiary/aromatic N) is 2. The largest absolute Gasteiger partial charge is 0.388 e. The molecule has 1 fully saturated rings. The molecule has 0 spiro atoms. The number of aromatic nitrogens is 2. The summed E-state index contributed by atoms with van der Waals surface area (Å²) in [6.45, 7) is 0.367. The highest BCUT2D eigenvalue weighted by molar-refractivity contribution is 14.1. The van der Waals surface area contributed by atoms with Crippen molar-refractivity contribution in [2.24, 2.45) is 0 Å². The molecule has 1 aromatic rings. The highest BCUT2D eigenvalue weighted by Gasteiger charge is 2.35. The second-order valence-corrected chi connectivity index (χ2v) is 7.78. The summed E-state index contributed by atoms with van der Waals surface area (Å²) in [7, 11) is -2.93. The van der Waals surface area contributed by atoms with Crippen molar-refractivity contribution in [1.29, 1.82) is 0 Å². The van der Waals surface area contributed by atoms with Crippen LogP contribution in [-0.2, 0) is 16.4 Å². The van der Waals surface area contributed by atoms with Crippen molar-refractivity contribution >= 4 is 32.4 Å². The normalized spacial score (nSPS) is 23.1. The van der Waals surface area contributed by atoms with E-state index in [1.165, 1.54) is 0 Å². The van der Waals surface area contributed by atoms with Crippen molar-refractivity contribution < 1.29 is 13.5 Å². The molecule has 0 amide bonds. The van der Waals surface area contributed by atoms with Gasteiger partial charge < -0.3 is 5.11 Å². The second kappa shape index (κ2) is 4.26. The van der Waals surface area contributed by atoms with Crippen LogP contribution in [-0.4, -0.2) is 40.4 Å². The van der Waals surface area contributed by atoms with Crippen molar-refractivity contribution in [3.8, 4) is 0 Å². The van der Waals surface area contributed by atoms with E-state index < -0.39 is 15.4 Å². The van der Waals surface area contributed by atoms with Crippen LogP contribution >= 0.6 is 22.6 Å². The fraction of sp³-hybridized carbons (Fsp3) is 0.667. The molecule has 7 heteroatoms. The van der Waals surface area contributed by atoms with Crippen molar-refractivity contribution in [2.45, 2.75) is 25.0 Å². The van der Waals surface area contributed by atoms with Crippen LogP contribution in [0.5, 0.6) is 0 Å². The van der Waals surface area contributed by atoms with E-state index in [0.29, 0.717) is 19.4 Å². The van der Waals surface area contributed by atoms with Gasteiger partial charge >= 0.3 is 0 Å². The van der Waals surface area contributed by atoms with Gasteiger partial charge in [-0.2, -0.15) is 5.10 Å². The van der Waals surface area contributed by atoms with Crippen LogP contribution in [0.25, 0.3) is 0 Å². The van der Waals surface area contributed by atoms with E-state index >= 15 is 0 Å². The molecule has 0 atom stereocenters. The molecule has 2 rings (SSSR count). The van der Waals surface area contributed by atoms with Crippen LogP contribution < -0.4 is 0 Å². The molecule has 0 aliphatic carbocycles. The van der Waals surface area contributed by atoms with Gasteiger partial charge in [0.25, 0.3) is 0 Å². The Balaban J connectivity index is 2.05. The fourth-order valence-corrected chi connectivity index (χ4v) is 3.83. The van der Waals surface area contributed by atoms with Gasteiger partial charge in [0, 0.05) is 6.20 Å². The van der Waals surface area contributed by atoms with E-state index in [9.17, 15) is 13.5 Å². The maximum Gasteiger partial charge on any atom is 0.150 e. The maximum atomic E-state index is 11.3. The van der Waals surface area contributed by atoms with Gasteiger partial charge in [-0.05, 0) is 35.4 Å². The van der Waals surface area contributed by atoms with E-state index in [2.05, 4.69) is 27.7 Å². The Labute approximate surface area is 108 Å². The minimum atomic E-state index is -2.93. The number of sulfone groups is 1. The molecule has 1 saturated heterocycles. The van der Waals surface area contributed by atoms with Crippen LogP contribution in [0.3, 0.4) is 0 Å². The standard InChI is InChI=1S/C9H13IN2O3S/c10-8-5-11-12(6-8)7-9(13)1-3-16(14,15)4-2-9/h5-6,13H,1-4,7H2. The van der Waals surface area contributed by atoms with Crippen LogP contribution in [0.4, 0.5) is 0 Å². The van der Waals surface area contributed by atoms with E-state index in [-0.39, 0.29) is 11.5 Å². The summed E-state index contributed by atoms with van der Waals surface area (Å²) < 4.78 is 25.2. The zero-order chi connectivity index (χ0) is 11.8. The lowest BCUT2D eigenvalue weighted by Crippen LogP contribution is -2.42. The molecule has 90 valence electrons. The first kappa shape index (κ1) is 12.3. The lowest BCUT2D eigenvalue weighted by Gasteiger charge is -2.31. The first-order valence-electron chi connectivity index (χ1n) is 4.99. The molecule has 0 bridgehead atoms. The number of rotatable bonds is 2. The minimum Gasteiger partial charge on any atom is -0.388 e. The van der Waals surface area contributed by atoms with Gasteiger partial charge in [-0.15, -0.1) is 0 Å². The van der Waals surface area contributed by atoms with Crippen LogP contribution in [0.2, 0.25) is 0 Å². The Bertz CT molecular complexity index is 469. The molecule has 0 saturated carbocycles. The van der Waals surface area contributed by atoms with Gasteiger partial charge in [-0.3, -0.25) is 4.68 Å². The lowest BCUT2D eigenvalue weighted by molar-refractivity contribution is 0.0100. The summed E-state index contributed by atoms with van der Waals surface area (Å²) in [5.74, 6) is 0.143. The van der Waals surface area contributed by atoms with Gasteiger partial charge in [0.15, 0.2) is 9.84 Å². The van der Waals surface area contributed by atoms with E-state index in [0.717, 1.165) is 3.57 Å². The molecule has 0 aromatic carbocycles. The molecule has 0 unspecified atom stereocenters. The van der Waals surface area contributed by atoms with Crippen LogP contribution in [0.1, 0.15) is 12.8 Å². The van der Waals surface area contributed by atoms with E-state index in [1.54, 1.807) is 10.9 Å². The van der Waals surface area contributed by atoms with Gasteiger partial charge in [0.05, 0.1) is 33.4 Å². The molecule has 1 aromatic heterocycles. The second-order valence-electron chi connectivity index (χ2n) is 4.23. The predicted octanol–water partition coefficient (Wildman–Crippen LogP) is 0.427. The van der Waals surface area contributed by atoms with Crippen molar-refractivity contribution in [3.63, 3.8) is 0 Å². The van der Waals surface area contributed by atoms with Crippen LogP contribution in [0.15, 0.2) is 12.4 Å². The first-order valence-corrected chi connectivity index (χ1v) is 7.89. The molecule has 5 nitrogen and oxygen atoms in total. The summed E-state index contributed by atoms with van der Waals surface area (Å²) in [4.78, 5) is 0. The third-order valence-electron chi connectivity index (χ3n) is 2.81. The topological polar surface area (TPSA) is 72.2 Å². The number of halogens is 1. The quantitative estimate of drug-likeness (QED) is 0.780. The van der Waals surface area contributed by atoms with Gasteiger partial charge in [0.1, 0.15) is 0 Å². The average Bonchev–Trinajstić information content (AvgIpc) is 2.58. The highest BCUT2D eigenvalue weighted by Crippen LogP contribution is 2.25. The van der Waals surface area contributed by atoms with Crippen molar-refractivity contribution in [1.82, 2.24) is 9.78 Å². The van der Waals surface area contributed by atoms with Gasteiger partial charge in [-0.1, -0.05) is 0 Å². The average molecular weight is 356 g/mol. The number of hydrogen-bond donors (Lipinski definition) is 1. The summed E-state index contributed by atoms with van der Waals surface area (Å²) in [5, 5.41) is 14.3. The van der Waals surface area contributed by atoms with E-state index in [1.807, 2.05) is 6.20 Å². The monoisotopic (exact) mass is 356 g/mol. The molecular formula is C9H13IN2O3S. The first-order chi connectivity index (χ1) is 7.39. The number of hydrogen-bond acceptors (Lipinski definition) is 4. The summed E-state index contributed by atoms with van der Waals surface area (Å²) in [6.07, 6.45) is 4.14. The molecule has 16 heavy (non-hydrogen) atoms. The lowest BCUT2D eigenvalue weighted by atomic mass is 9.97. The smallest absolute Gasteiger partial charge is 0.150 e. The molecule has 1 aliphatic heterocycles. The third-order valence-corrected chi connectivity index (χ3v) is 5.02. The molecule has 1 N–H and O–H groups in total. The Hall–Kier alpha value is -0.150. The predicted molar refractivity (Wildman–Crippen MR) is 67.8 cm³/mol. The maximum absolute atomic E-state index is 11.3. The highest BCUT2D eigenvalue weighted by atomic mass is 127. The Morgan fingerprint density at radius 2 is 2.12 bits per heavy atom. The molecule has 1 aliphatic rings. The zero-order valence-electron chi connectivity index (χ0n) is 8.63. The summed E-state index contributed by atoms with van der Waals surface area (Å²) in [5.41, 5.74) is -0.930. The molecule has 2 heterocycles. The summed E-state index contributed by atoms with van der Waals surface area (Å²) in [6, 6.07) is 0. The SMILES string of the molecule is O=S1(=O)CCC(O)(Cn2cc(I)cn2)CC1. The van der Waals surface area contributed by atoms with Gasteiger partial charge in [0.2, 0.25) is 0 Å². The minimum absolute atomic E-state index is 0.0713. The van der Waals surface area contributed by atoms with Gasteiger partial charge in [-0.25, -0.2) is 8.42 Å².